The Bertz CT molecular complexity index is 335. The van der Waals surface area contributed by atoms with Crippen LogP contribution in [-0.4, -0.2) is 27.3 Å². The number of aromatic nitrogens is 3. The Morgan fingerprint density at radius 1 is 1.53 bits per heavy atom. The van der Waals surface area contributed by atoms with Crippen molar-refractivity contribution in [3.8, 4) is 0 Å². The van der Waals surface area contributed by atoms with E-state index in [0.29, 0.717) is 12.5 Å². The third-order valence-corrected chi connectivity index (χ3v) is 2.26. The number of rotatable bonds is 6. The fraction of sp³-hybridized carbons (Fsp3) is 0.700. The zero-order valence-electron chi connectivity index (χ0n) is 10.4. The molecule has 0 saturated carbocycles. The zero-order chi connectivity index (χ0) is 11.8. The largest absolute Gasteiger partial charge is 0.370 e. The molecule has 98 valence electrons. The Morgan fingerprint density at radius 3 is 2.94 bits per heavy atom. The third-order valence-electron chi connectivity index (χ3n) is 2.26. The summed E-state index contributed by atoms with van der Waals surface area (Å²) in [6, 6.07) is 0. The van der Waals surface area contributed by atoms with Gasteiger partial charge in [0.25, 0.3) is 0 Å². The molecule has 0 aromatic carbocycles. The third kappa shape index (κ3) is 5.85. The fourth-order valence-corrected chi connectivity index (χ4v) is 1.27. The van der Waals surface area contributed by atoms with E-state index in [1.807, 2.05) is 11.5 Å². The summed E-state index contributed by atoms with van der Waals surface area (Å²) in [7, 11) is 0. The van der Waals surface area contributed by atoms with Crippen molar-refractivity contribution in [2.24, 2.45) is 10.7 Å². The lowest BCUT2D eigenvalue weighted by molar-refractivity contribution is 0.694. The van der Waals surface area contributed by atoms with E-state index >= 15 is 0 Å². The summed E-state index contributed by atoms with van der Waals surface area (Å²) in [6.45, 7) is 6.37. The molecular weight excluding hydrogens is 331 g/mol. The molecule has 1 aromatic rings. The monoisotopic (exact) mass is 352 g/mol. The first-order valence-corrected chi connectivity index (χ1v) is 5.68. The maximum Gasteiger partial charge on any atom is 0.189 e. The minimum atomic E-state index is 0. The first-order valence-electron chi connectivity index (χ1n) is 5.68. The average molecular weight is 352 g/mol. The number of halogens is 1. The topological polar surface area (TPSA) is 81.1 Å². The van der Waals surface area contributed by atoms with E-state index in [0.717, 1.165) is 31.8 Å². The number of nitrogens with zero attached hydrogens (tertiary/aromatic N) is 4. The van der Waals surface area contributed by atoms with E-state index in [1.165, 1.54) is 0 Å². The molecule has 0 aliphatic heterocycles. The highest BCUT2D eigenvalue weighted by Crippen LogP contribution is 1.96. The first kappa shape index (κ1) is 16.1. The van der Waals surface area contributed by atoms with Gasteiger partial charge in [0.1, 0.15) is 12.9 Å². The number of aliphatic imine (C=N–C) groups is 1. The van der Waals surface area contributed by atoms with E-state index in [4.69, 9.17) is 5.73 Å². The molecule has 0 unspecified atom stereocenters. The predicted molar refractivity (Wildman–Crippen MR) is 79.3 cm³/mol. The molecule has 0 bridgehead atoms. The molecule has 7 heteroatoms. The summed E-state index contributed by atoms with van der Waals surface area (Å²) < 4.78 is 1.95. The summed E-state index contributed by atoms with van der Waals surface area (Å²) >= 11 is 0. The van der Waals surface area contributed by atoms with Crippen LogP contribution in [0.5, 0.6) is 0 Å². The molecule has 0 aliphatic carbocycles. The summed E-state index contributed by atoms with van der Waals surface area (Å²) in [6.07, 6.45) is 3.94. The van der Waals surface area contributed by atoms with Gasteiger partial charge >= 0.3 is 0 Å². The Hall–Kier alpha value is -0.860. The second-order valence-corrected chi connectivity index (χ2v) is 3.51. The number of nitrogens with one attached hydrogen (secondary N) is 1. The van der Waals surface area contributed by atoms with Crippen molar-refractivity contribution in [1.82, 2.24) is 20.1 Å². The Balaban J connectivity index is 0.00000256. The van der Waals surface area contributed by atoms with Gasteiger partial charge in [-0.05, 0) is 13.3 Å². The van der Waals surface area contributed by atoms with Crippen molar-refractivity contribution in [2.45, 2.75) is 39.8 Å². The van der Waals surface area contributed by atoms with Gasteiger partial charge in [0, 0.05) is 13.1 Å². The molecule has 0 aliphatic rings. The smallest absolute Gasteiger partial charge is 0.189 e. The first-order chi connectivity index (χ1) is 7.77. The molecule has 6 nitrogen and oxygen atoms in total. The highest BCUT2D eigenvalue weighted by molar-refractivity contribution is 14.0. The molecule has 1 heterocycles. The van der Waals surface area contributed by atoms with Crippen LogP contribution in [0.4, 0.5) is 0 Å². The van der Waals surface area contributed by atoms with Crippen molar-refractivity contribution in [3.63, 3.8) is 0 Å². The summed E-state index contributed by atoms with van der Waals surface area (Å²) in [5.41, 5.74) is 5.70. The van der Waals surface area contributed by atoms with Gasteiger partial charge in [-0.1, -0.05) is 13.3 Å². The van der Waals surface area contributed by atoms with E-state index in [2.05, 4.69) is 27.4 Å². The van der Waals surface area contributed by atoms with Crippen molar-refractivity contribution >= 4 is 29.9 Å². The van der Waals surface area contributed by atoms with Crippen molar-refractivity contribution in [1.29, 1.82) is 0 Å². The van der Waals surface area contributed by atoms with Crippen LogP contribution >= 0.6 is 24.0 Å². The van der Waals surface area contributed by atoms with Crippen LogP contribution in [0.3, 0.4) is 0 Å². The fourth-order valence-electron chi connectivity index (χ4n) is 1.27. The van der Waals surface area contributed by atoms with Gasteiger partial charge in [-0.15, -0.1) is 34.2 Å². The molecule has 0 amide bonds. The van der Waals surface area contributed by atoms with Crippen LogP contribution in [0.2, 0.25) is 0 Å². The normalized spacial score (nSPS) is 11.1. The molecule has 0 saturated heterocycles. The van der Waals surface area contributed by atoms with Crippen molar-refractivity contribution in [3.05, 3.63) is 12.2 Å². The van der Waals surface area contributed by atoms with Gasteiger partial charge in [0.2, 0.25) is 0 Å². The van der Waals surface area contributed by atoms with Gasteiger partial charge in [0.05, 0.1) is 0 Å². The summed E-state index contributed by atoms with van der Waals surface area (Å²) in [5.74, 6) is 1.31. The highest BCUT2D eigenvalue weighted by atomic mass is 127. The number of guanidine groups is 1. The molecule has 1 aromatic heterocycles. The molecule has 0 spiro atoms. The van der Waals surface area contributed by atoms with Crippen LogP contribution in [0.1, 0.15) is 32.5 Å². The standard InChI is InChI=1S/C10H20N6.HI/c1-3-5-6-12-10(11)13-7-9-15-14-8-16(9)4-2;/h8H,3-7H2,1-2H3,(H3,11,12,13);1H. The quantitative estimate of drug-likeness (QED) is 0.348. The SMILES string of the molecule is CCCCNC(N)=NCc1nncn1CC.I. The van der Waals surface area contributed by atoms with Gasteiger partial charge < -0.3 is 15.6 Å². The van der Waals surface area contributed by atoms with Gasteiger partial charge in [-0.3, -0.25) is 0 Å². The molecule has 0 radical (unpaired) electrons. The van der Waals surface area contributed by atoms with Crippen LogP contribution in [0, 0.1) is 0 Å². The molecule has 3 N–H and O–H groups in total. The maximum absolute atomic E-state index is 5.70. The minimum absolute atomic E-state index is 0. The van der Waals surface area contributed by atoms with Gasteiger partial charge in [-0.2, -0.15) is 0 Å². The summed E-state index contributed by atoms with van der Waals surface area (Å²) in [4.78, 5) is 4.21. The van der Waals surface area contributed by atoms with Gasteiger partial charge in [-0.25, -0.2) is 4.99 Å². The minimum Gasteiger partial charge on any atom is -0.370 e. The number of nitrogens with two attached hydrogens (primary N) is 1. The van der Waals surface area contributed by atoms with E-state index in [1.54, 1.807) is 6.33 Å². The Morgan fingerprint density at radius 2 is 2.29 bits per heavy atom. The predicted octanol–water partition coefficient (Wildman–Crippen LogP) is 1.12. The number of unbranched alkanes of at least 4 members (excludes halogenated alkanes) is 1. The Labute approximate surface area is 119 Å². The zero-order valence-corrected chi connectivity index (χ0v) is 12.7. The van der Waals surface area contributed by atoms with Crippen LogP contribution in [-0.2, 0) is 13.1 Å². The van der Waals surface area contributed by atoms with Crippen molar-refractivity contribution in [2.75, 3.05) is 6.54 Å². The molecule has 0 fully saturated rings. The molecule has 17 heavy (non-hydrogen) atoms. The van der Waals surface area contributed by atoms with Crippen LogP contribution in [0.25, 0.3) is 0 Å². The second-order valence-electron chi connectivity index (χ2n) is 3.51. The number of hydrogen-bond donors (Lipinski definition) is 2. The second kappa shape index (κ2) is 9.20. The van der Waals surface area contributed by atoms with Crippen LogP contribution in [0.15, 0.2) is 11.3 Å². The van der Waals surface area contributed by atoms with E-state index < -0.39 is 0 Å². The highest BCUT2D eigenvalue weighted by Gasteiger charge is 2.00. The average Bonchev–Trinajstić information content (AvgIpc) is 2.74. The molecule has 1 rings (SSSR count). The van der Waals surface area contributed by atoms with Crippen LogP contribution < -0.4 is 11.1 Å². The number of aryl methyl sites for hydroxylation is 1. The lowest BCUT2D eigenvalue weighted by atomic mass is 10.3. The van der Waals surface area contributed by atoms with Gasteiger partial charge in [0.15, 0.2) is 11.8 Å². The Kier molecular flexibility index (Phi) is 8.73. The maximum atomic E-state index is 5.70. The van der Waals surface area contributed by atoms with E-state index in [-0.39, 0.29) is 24.0 Å². The lowest BCUT2D eigenvalue weighted by Gasteiger charge is -2.04. The molecule has 0 atom stereocenters. The van der Waals surface area contributed by atoms with E-state index in [9.17, 15) is 0 Å². The van der Waals surface area contributed by atoms with Crippen molar-refractivity contribution < 1.29 is 0 Å². The number of hydrogen-bond acceptors (Lipinski definition) is 3. The molecular formula is C10H21IN6. The lowest BCUT2D eigenvalue weighted by Crippen LogP contribution is -2.32. The summed E-state index contributed by atoms with van der Waals surface area (Å²) in [5, 5.41) is 10.9.